The standard InChI is InChI=1S/C23H20FN7/c1-3-27-22-28-23-30(19-6-4-5-17(11-19)12-24)15(2)20(14-26)21(31(23)29-22)18-9-7-16(13-25)8-10-18/h4-11,21H,3,12H2,1-2H3,(H,27,29)/t21-/m1/s1. The number of rotatable bonds is 5. The van der Waals surface area contributed by atoms with Gasteiger partial charge in [0, 0.05) is 17.9 Å². The Kier molecular flexibility index (Phi) is 5.38. The molecule has 0 bridgehead atoms. The summed E-state index contributed by atoms with van der Waals surface area (Å²) in [5.41, 5.74) is 3.79. The number of nitriles is 2. The smallest absolute Gasteiger partial charge is 0.243 e. The van der Waals surface area contributed by atoms with Crippen molar-refractivity contribution in [3.63, 3.8) is 0 Å². The number of hydrogen-bond acceptors (Lipinski definition) is 6. The fraction of sp³-hybridized carbons (Fsp3) is 0.217. The van der Waals surface area contributed by atoms with Crippen molar-refractivity contribution in [3.05, 3.63) is 76.5 Å². The van der Waals surface area contributed by atoms with Crippen LogP contribution in [0.15, 0.2) is 59.8 Å². The van der Waals surface area contributed by atoms with E-state index in [1.807, 2.05) is 36.9 Å². The molecule has 31 heavy (non-hydrogen) atoms. The van der Waals surface area contributed by atoms with Crippen LogP contribution in [0.4, 0.5) is 22.0 Å². The lowest BCUT2D eigenvalue weighted by Crippen LogP contribution is -2.30. The van der Waals surface area contributed by atoms with Crippen LogP contribution in [0.5, 0.6) is 0 Å². The second-order valence-corrected chi connectivity index (χ2v) is 7.10. The Labute approximate surface area is 179 Å². The van der Waals surface area contributed by atoms with E-state index in [4.69, 9.17) is 5.26 Å². The molecule has 2 aromatic carbocycles. The minimum absolute atomic E-state index is 0.440. The fourth-order valence-electron chi connectivity index (χ4n) is 3.74. The Morgan fingerprint density at radius 1 is 1.13 bits per heavy atom. The molecule has 1 atom stereocenters. The van der Waals surface area contributed by atoms with Crippen molar-refractivity contribution < 1.29 is 4.39 Å². The van der Waals surface area contributed by atoms with Gasteiger partial charge < -0.3 is 5.32 Å². The molecule has 0 saturated heterocycles. The number of nitrogens with one attached hydrogen (secondary N) is 1. The highest BCUT2D eigenvalue weighted by atomic mass is 19.1. The molecule has 0 aliphatic carbocycles. The van der Waals surface area contributed by atoms with Gasteiger partial charge in [0.15, 0.2) is 0 Å². The van der Waals surface area contributed by atoms with Crippen molar-refractivity contribution in [3.8, 4) is 12.1 Å². The minimum Gasteiger partial charge on any atom is -0.353 e. The molecule has 1 aliphatic rings. The first-order valence-electron chi connectivity index (χ1n) is 9.87. The third kappa shape index (κ3) is 3.49. The second kappa shape index (κ2) is 8.29. The fourth-order valence-corrected chi connectivity index (χ4v) is 3.74. The summed E-state index contributed by atoms with van der Waals surface area (Å²) >= 11 is 0. The van der Waals surface area contributed by atoms with Crippen LogP contribution in [-0.2, 0) is 6.67 Å². The Morgan fingerprint density at radius 3 is 2.55 bits per heavy atom. The van der Waals surface area contributed by atoms with E-state index in [9.17, 15) is 9.65 Å². The number of benzene rings is 2. The molecule has 0 amide bonds. The highest BCUT2D eigenvalue weighted by molar-refractivity contribution is 5.69. The number of hydrogen-bond donors (Lipinski definition) is 1. The first-order chi connectivity index (χ1) is 15.1. The zero-order chi connectivity index (χ0) is 22.0. The summed E-state index contributed by atoms with van der Waals surface area (Å²) in [5.74, 6) is 0.965. The molecule has 1 aliphatic heterocycles. The Hall–Kier alpha value is -4.17. The third-order valence-electron chi connectivity index (χ3n) is 5.19. The first-order valence-corrected chi connectivity index (χ1v) is 9.87. The molecule has 0 fully saturated rings. The molecule has 3 aromatic rings. The van der Waals surface area contributed by atoms with Crippen molar-refractivity contribution in [1.82, 2.24) is 14.8 Å². The van der Waals surface area contributed by atoms with E-state index < -0.39 is 12.7 Å². The van der Waals surface area contributed by atoms with Gasteiger partial charge in [-0.3, -0.25) is 4.90 Å². The maximum Gasteiger partial charge on any atom is 0.243 e. The summed E-state index contributed by atoms with van der Waals surface area (Å²) in [5, 5.41) is 26.9. The van der Waals surface area contributed by atoms with Gasteiger partial charge in [0.1, 0.15) is 12.7 Å². The van der Waals surface area contributed by atoms with Gasteiger partial charge in [-0.05, 0) is 49.2 Å². The second-order valence-electron chi connectivity index (χ2n) is 7.10. The lowest BCUT2D eigenvalue weighted by atomic mass is 9.95. The molecular formula is C23H20FN7. The maximum absolute atomic E-state index is 13.3. The summed E-state index contributed by atoms with van der Waals surface area (Å²) in [6.45, 7) is 3.85. The van der Waals surface area contributed by atoms with Crippen LogP contribution in [0.25, 0.3) is 0 Å². The Bertz CT molecular complexity index is 1230. The predicted molar refractivity (Wildman–Crippen MR) is 115 cm³/mol. The Balaban J connectivity index is 1.94. The molecule has 1 aromatic heterocycles. The number of aromatic nitrogens is 3. The highest BCUT2D eigenvalue weighted by Gasteiger charge is 2.35. The van der Waals surface area contributed by atoms with Crippen LogP contribution in [-0.4, -0.2) is 21.3 Å². The first kappa shape index (κ1) is 20.1. The summed E-state index contributed by atoms with van der Waals surface area (Å²) < 4.78 is 15.0. The largest absolute Gasteiger partial charge is 0.353 e. The quantitative estimate of drug-likeness (QED) is 0.658. The molecule has 4 rings (SSSR count). The lowest BCUT2D eigenvalue weighted by Gasteiger charge is -2.34. The zero-order valence-corrected chi connectivity index (χ0v) is 17.2. The van der Waals surface area contributed by atoms with E-state index in [2.05, 4.69) is 27.5 Å². The van der Waals surface area contributed by atoms with Gasteiger partial charge in [-0.15, -0.1) is 5.10 Å². The number of halogens is 1. The van der Waals surface area contributed by atoms with Crippen molar-refractivity contribution in [1.29, 1.82) is 10.5 Å². The highest BCUT2D eigenvalue weighted by Crippen LogP contribution is 2.42. The number of nitrogens with zero attached hydrogens (tertiary/aromatic N) is 6. The molecule has 0 spiro atoms. The monoisotopic (exact) mass is 413 g/mol. The van der Waals surface area contributed by atoms with Gasteiger partial charge in [-0.2, -0.15) is 15.5 Å². The maximum atomic E-state index is 13.3. The van der Waals surface area contributed by atoms with E-state index >= 15 is 0 Å². The summed E-state index contributed by atoms with van der Waals surface area (Å²) in [7, 11) is 0. The van der Waals surface area contributed by atoms with E-state index in [1.54, 1.807) is 35.0 Å². The van der Waals surface area contributed by atoms with Crippen LogP contribution in [0, 0.1) is 22.7 Å². The molecule has 0 unspecified atom stereocenters. The lowest BCUT2D eigenvalue weighted by molar-refractivity contribution is 0.485. The van der Waals surface area contributed by atoms with E-state index in [1.165, 1.54) is 0 Å². The molecule has 0 radical (unpaired) electrons. The van der Waals surface area contributed by atoms with Gasteiger partial charge >= 0.3 is 0 Å². The molecule has 1 N–H and O–H groups in total. The predicted octanol–water partition coefficient (Wildman–Crippen LogP) is 4.59. The average molecular weight is 413 g/mol. The normalized spacial score (nSPS) is 15.3. The number of alkyl halides is 1. The van der Waals surface area contributed by atoms with Crippen LogP contribution in [0.2, 0.25) is 0 Å². The third-order valence-corrected chi connectivity index (χ3v) is 5.19. The minimum atomic E-state index is -0.585. The van der Waals surface area contributed by atoms with Crippen LogP contribution in [0.3, 0.4) is 0 Å². The van der Waals surface area contributed by atoms with Gasteiger partial charge in [0.05, 0.1) is 23.3 Å². The van der Waals surface area contributed by atoms with Crippen molar-refractivity contribution in [2.45, 2.75) is 26.6 Å². The summed E-state index contributed by atoms with van der Waals surface area (Å²) in [6.07, 6.45) is 0. The van der Waals surface area contributed by atoms with Gasteiger partial charge in [-0.1, -0.05) is 24.3 Å². The SMILES string of the molecule is CCNc1nc2n(n1)[C@H](c1ccc(C#N)cc1)C(C#N)=C(C)N2c1cccc(CF)c1. The number of allylic oxidation sites excluding steroid dienone is 2. The van der Waals surface area contributed by atoms with Crippen molar-refractivity contribution in [2.24, 2.45) is 0 Å². The van der Waals surface area contributed by atoms with Crippen LogP contribution in [0.1, 0.15) is 36.6 Å². The molecule has 2 heterocycles. The number of anilines is 3. The van der Waals surface area contributed by atoms with Crippen molar-refractivity contribution >= 4 is 17.6 Å². The van der Waals surface area contributed by atoms with Crippen molar-refractivity contribution in [2.75, 3.05) is 16.8 Å². The topological polar surface area (TPSA) is 93.6 Å². The number of fused-ring (bicyclic) bond motifs is 1. The van der Waals surface area contributed by atoms with Crippen LogP contribution < -0.4 is 10.2 Å². The molecule has 7 nitrogen and oxygen atoms in total. The van der Waals surface area contributed by atoms with E-state index in [0.29, 0.717) is 46.5 Å². The Morgan fingerprint density at radius 2 is 1.90 bits per heavy atom. The molecular weight excluding hydrogens is 393 g/mol. The summed E-state index contributed by atoms with van der Waals surface area (Å²) in [6, 6.07) is 18.1. The molecule has 8 heteroatoms. The molecule has 0 saturated carbocycles. The van der Waals surface area contributed by atoms with Gasteiger partial charge in [-0.25, -0.2) is 9.07 Å². The zero-order valence-electron chi connectivity index (χ0n) is 17.2. The average Bonchev–Trinajstić information content (AvgIpc) is 3.21. The van der Waals surface area contributed by atoms with Gasteiger partial charge in [0.2, 0.25) is 11.9 Å². The van der Waals surface area contributed by atoms with Crippen LogP contribution >= 0.6 is 0 Å². The summed E-state index contributed by atoms with van der Waals surface area (Å²) in [4.78, 5) is 6.48. The van der Waals surface area contributed by atoms with Gasteiger partial charge in [0.25, 0.3) is 0 Å². The van der Waals surface area contributed by atoms with E-state index in [0.717, 1.165) is 5.56 Å². The molecule has 154 valence electrons. The van der Waals surface area contributed by atoms with E-state index in [-0.39, 0.29) is 0 Å².